The number of halogens is 2. The van der Waals surface area contributed by atoms with Gasteiger partial charge in [0.1, 0.15) is 10.8 Å². The fraction of sp³-hybridized carbons (Fsp3) is 0.429. The normalized spacial score (nSPS) is 10.7. The van der Waals surface area contributed by atoms with Crippen molar-refractivity contribution in [3.05, 3.63) is 27.7 Å². The van der Waals surface area contributed by atoms with Gasteiger partial charge in [-0.2, -0.15) is 0 Å². The van der Waals surface area contributed by atoms with E-state index in [1.807, 2.05) is 13.8 Å². The van der Waals surface area contributed by atoms with Gasteiger partial charge < -0.3 is 9.84 Å². The maximum absolute atomic E-state index is 12.0. The van der Waals surface area contributed by atoms with Crippen LogP contribution in [0, 0.1) is 5.92 Å². The minimum absolute atomic E-state index is 0.0586. The minimum atomic E-state index is -1.12. The zero-order chi connectivity index (χ0) is 15.3. The zero-order valence-corrected chi connectivity index (χ0v) is 12.8. The molecule has 6 heteroatoms. The fourth-order valence-electron chi connectivity index (χ4n) is 1.55. The molecule has 1 aromatic rings. The first-order valence-electron chi connectivity index (χ1n) is 6.18. The van der Waals surface area contributed by atoms with Crippen LogP contribution < -0.4 is 4.74 Å². The van der Waals surface area contributed by atoms with E-state index in [4.69, 9.17) is 33.0 Å². The molecule has 0 saturated heterocycles. The molecule has 0 bridgehead atoms. The van der Waals surface area contributed by atoms with Crippen LogP contribution >= 0.6 is 23.2 Å². The number of carboxylic acids is 1. The molecular formula is C14H16Cl2O4. The van der Waals surface area contributed by atoms with E-state index in [1.54, 1.807) is 0 Å². The Morgan fingerprint density at radius 2 is 1.90 bits per heavy atom. The number of ether oxygens (including phenoxy) is 1. The second kappa shape index (κ2) is 7.50. The van der Waals surface area contributed by atoms with Gasteiger partial charge >= 0.3 is 5.97 Å². The summed E-state index contributed by atoms with van der Waals surface area (Å²) in [5, 5.41) is 8.70. The number of hydrogen-bond acceptors (Lipinski definition) is 3. The second-order valence-corrected chi connectivity index (χ2v) is 5.53. The Kier molecular flexibility index (Phi) is 6.30. The quantitative estimate of drug-likeness (QED) is 0.769. The van der Waals surface area contributed by atoms with Gasteiger partial charge in [0.2, 0.25) is 0 Å². The molecule has 0 aliphatic rings. The van der Waals surface area contributed by atoms with Crippen molar-refractivity contribution in [3.63, 3.8) is 0 Å². The molecule has 0 unspecified atom stereocenters. The molecule has 110 valence electrons. The molecule has 0 amide bonds. The number of Topliss-reactive ketones (excluding diaryl/α,β-unsaturated/α-hetero) is 1. The summed E-state index contributed by atoms with van der Waals surface area (Å²) in [4.78, 5) is 22.5. The maximum atomic E-state index is 12.0. The summed E-state index contributed by atoms with van der Waals surface area (Å²) >= 11 is 12.0. The highest BCUT2D eigenvalue weighted by atomic mass is 35.5. The van der Waals surface area contributed by atoms with Gasteiger partial charge in [-0.3, -0.25) is 4.79 Å². The molecule has 0 heterocycles. The van der Waals surface area contributed by atoms with E-state index in [9.17, 15) is 9.59 Å². The summed E-state index contributed by atoms with van der Waals surface area (Å²) < 4.78 is 4.98. The third kappa shape index (κ3) is 4.69. The van der Waals surface area contributed by atoms with Crippen LogP contribution in [-0.4, -0.2) is 23.5 Å². The summed E-state index contributed by atoms with van der Waals surface area (Å²) in [7, 11) is 0. The summed E-state index contributed by atoms with van der Waals surface area (Å²) in [5.74, 6) is -0.629. The van der Waals surface area contributed by atoms with Crippen molar-refractivity contribution in [2.75, 3.05) is 6.61 Å². The fourth-order valence-corrected chi connectivity index (χ4v) is 2.03. The molecule has 0 atom stereocenters. The van der Waals surface area contributed by atoms with E-state index in [0.717, 1.165) is 6.42 Å². The Morgan fingerprint density at radius 1 is 1.25 bits per heavy atom. The Morgan fingerprint density at radius 3 is 2.45 bits per heavy atom. The van der Waals surface area contributed by atoms with E-state index in [2.05, 4.69) is 0 Å². The van der Waals surface area contributed by atoms with Gasteiger partial charge in [-0.25, -0.2) is 4.79 Å². The van der Waals surface area contributed by atoms with E-state index in [0.29, 0.717) is 17.9 Å². The first-order valence-corrected chi connectivity index (χ1v) is 6.94. The van der Waals surface area contributed by atoms with Crippen molar-refractivity contribution >= 4 is 35.0 Å². The molecule has 0 aromatic heterocycles. The lowest BCUT2D eigenvalue weighted by atomic mass is 10.0. The van der Waals surface area contributed by atoms with E-state index < -0.39 is 12.6 Å². The van der Waals surface area contributed by atoms with Crippen LogP contribution in [0.2, 0.25) is 10.0 Å². The smallest absolute Gasteiger partial charge is 0.341 e. The summed E-state index contributed by atoms with van der Waals surface area (Å²) in [5.41, 5.74) is 0.333. The molecule has 1 rings (SSSR count). The standard InChI is InChI=1S/C14H16Cl2O4/c1-8(2)3-5-10(17)9-4-6-11(14(16)13(9)15)20-7-12(18)19/h4,6,8H,3,5,7H2,1-2H3,(H,18,19). The first kappa shape index (κ1) is 16.8. The van der Waals surface area contributed by atoms with Crippen LogP contribution in [0.25, 0.3) is 0 Å². The average molecular weight is 319 g/mol. The lowest BCUT2D eigenvalue weighted by Crippen LogP contribution is -2.10. The van der Waals surface area contributed by atoms with Gasteiger partial charge in [0.15, 0.2) is 12.4 Å². The summed E-state index contributed by atoms with van der Waals surface area (Å²) in [6.07, 6.45) is 1.16. The third-order valence-corrected chi connectivity index (χ3v) is 3.51. The van der Waals surface area contributed by atoms with Crippen LogP contribution in [0.1, 0.15) is 37.0 Å². The highest BCUT2D eigenvalue weighted by Crippen LogP contribution is 2.35. The number of aliphatic carboxylic acids is 1. The van der Waals surface area contributed by atoms with Crippen LogP contribution in [-0.2, 0) is 4.79 Å². The molecule has 0 fully saturated rings. The van der Waals surface area contributed by atoms with Crippen molar-refractivity contribution < 1.29 is 19.4 Å². The van der Waals surface area contributed by atoms with Gasteiger partial charge in [-0.15, -0.1) is 0 Å². The average Bonchev–Trinajstić information content (AvgIpc) is 2.37. The predicted molar refractivity (Wildman–Crippen MR) is 78.0 cm³/mol. The number of benzene rings is 1. The first-order chi connectivity index (χ1) is 9.32. The molecule has 1 N–H and O–H groups in total. The lowest BCUT2D eigenvalue weighted by molar-refractivity contribution is -0.139. The van der Waals surface area contributed by atoms with Crippen LogP contribution in [0.5, 0.6) is 5.75 Å². The highest BCUT2D eigenvalue weighted by Gasteiger charge is 2.17. The van der Waals surface area contributed by atoms with Crippen LogP contribution in [0.3, 0.4) is 0 Å². The van der Waals surface area contributed by atoms with Gasteiger partial charge in [0, 0.05) is 12.0 Å². The molecular weight excluding hydrogens is 303 g/mol. The minimum Gasteiger partial charge on any atom is -0.480 e. The van der Waals surface area contributed by atoms with Crippen molar-refractivity contribution in [2.24, 2.45) is 5.92 Å². The molecule has 0 spiro atoms. The van der Waals surface area contributed by atoms with Crippen molar-refractivity contribution in [1.29, 1.82) is 0 Å². The van der Waals surface area contributed by atoms with E-state index in [-0.39, 0.29) is 21.6 Å². The van der Waals surface area contributed by atoms with Crippen molar-refractivity contribution in [1.82, 2.24) is 0 Å². The topological polar surface area (TPSA) is 63.6 Å². The van der Waals surface area contributed by atoms with E-state index >= 15 is 0 Å². The molecule has 20 heavy (non-hydrogen) atoms. The number of rotatable bonds is 7. The Balaban J connectivity index is 2.88. The molecule has 1 aromatic carbocycles. The van der Waals surface area contributed by atoms with Gasteiger partial charge in [0.05, 0.1) is 5.02 Å². The van der Waals surface area contributed by atoms with Crippen LogP contribution in [0.4, 0.5) is 0 Å². The molecule has 0 radical (unpaired) electrons. The monoisotopic (exact) mass is 318 g/mol. The van der Waals surface area contributed by atoms with Crippen molar-refractivity contribution in [2.45, 2.75) is 26.7 Å². The maximum Gasteiger partial charge on any atom is 0.341 e. The second-order valence-electron chi connectivity index (χ2n) is 4.78. The number of ketones is 1. The zero-order valence-electron chi connectivity index (χ0n) is 11.3. The Labute approximate surface area is 127 Å². The van der Waals surface area contributed by atoms with Gasteiger partial charge in [-0.1, -0.05) is 37.0 Å². The number of carbonyl (C=O) groups is 2. The van der Waals surface area contributed by atoms with Crippen molar-refractivity contribution in [3.8, 4) is 5.75 Å². The Bertz CT molecular complexity index is 512. The Hall–Kier alpha value is -1.26. The molecule has 0 aliphatic carbocycles. The molecule has 0 saturated carbocycles. The summed E-state index contributed by atoms with van der Waals surface area (Å²) in [6, 6.07) is 2.97. The van der Waals surface area contributed by atoms with Gasteiger partial charge in [0.25, 0.3) is 0 Å². The molecule has 4 nitrogen and oxygen atoms in total. The number of carboxylic acid groups (broad SMARTS) is 1. The number of hydrogen-bond donors (Lipinski definition) is 1. The third-order valence-electron chi connectivity index (χ3n) is 2.65. The molecule has 0 aliphatic heterocycles. The number of carbonyl (C=O) groups excluding carboxylic acids is 1. The van der Waals surface area contributed by atoms with Gasteiger partial charge in [-0.05, 0) is 24.5 Å². The highest BCUT2D eigenvalue weighted by molar-refractivity contribution is 6.44. The SMILES string of the molecule is CC(C)CCC(=O)c1ccc(OCC(=O)O)c(Cl)c1Cl. The summed E-state index contributed by atoms with van der Waals surface area (Å²) in [6.45, 7) is 3.55. The largest absolute Gasteiger partial charge is 0.480 e. The van der Waals surface area contributed by atoms with Crippen LogP contribution in [0.15, 0.2) is 12.1 Å². The lowest BCUT2D eigenvalue weighted by Gasteiger charge is -2.11. The predicted octanol–water partition coefficient (Wildman–Crippen LogP) is 4.08. The van der Waals surface area contributed by atoms with E-state index in [1.165, 1.54) is 12.1 Å².